The highest BCUT2D eigenvalue weighted by molar-refractivity contribution is 14.1. The summed E-state index contributed by atoms with van der Waals surface area (Å²) in [5.41, 5.74) is 0.0561. The second kappa shape index (κ2) is 4.14. The predicted octanol–water partition coefficient (Wildman–Crippen LogP) is 2.75. The summed E-state index contributed by atoms with van der Waals surface area (Å²) in [6.45, 7) is 0.848. The molecule has 0 heterocycles. The van der Waals surface area contributed by atoms with Crippen LogP contribution in [0, 0.1) is 23.2 Å². The molecule has 0 aliphatic heterocycles. The number of hydrogen-bond acceptors (Lipinski definition) is 1. The minimum Gasteiger partial charge on any atom is -0.355 e. The van der Waals surface area contributed by atoms with Gasteiger partial charge in [0.15, 0.2) is 0 Å². The highest BCUT2D eigenvalue weighted by Crippen LogP contribution is 2.60. The van der Waals surface area contributed by atoms with Crippen LogP contribution in [0.1, 0.15) is 38.5 Å². The van der Waals surface area contributed by atoms with Crippen molar-refractivity contribution < 1.29 is 4.79 Å². The van der Waals surface area contributed by atoms with Gasteiger partial charge in [0, 0.05) is 16.4 Å². The van der Waals surface area contributed by atoms with E-state index in [1.165, 1.54) is 38.5 Å². The lowest BCUT2D eigenvalue weighted by atomic mass is 9.49. The maximum atomic E-state index is 12.3. The van der Waals surface area contributed by atoms with E-state index < -0.39 is 0 Å². The van der Waals surface area contributed by atoms with Crippen LogP contribution in [0.15, 0.2) is 0 Å². The molecule has 0 saturated heterocycles. The zero-order valence-electron chi connectivity index (χ0n) is 9.68. The van der Waals surface area contributed by atoms with E-state index in [2.05, 4.69) is 27.9 Å². The minimum atomic E-state index is 0.0561. The first-order valence-corrected chi connectivity index (χ1v) is 8.09. The molecule has 1 N–H and O–H groups in total. The Kier molecular flexibility index (Phi) is 2.93. The van der Waals surface area contributed by atoms with Gasteiger partial charge >= 0.3 is 0 Å². The van der Waals surface area contributed by atoms with Crippen LogP contribution in [0.4, 0.5) is 0 Å². The summed E-state index contributed by atoms with van der Waals surface area (Å²) in [5.74, 6) is 2.99. The van der Waals surface area contributed by atoms with E-state index in [9.17, 15) is 4.79 Å². The van der Waals surface area contributed by atoms with Crippen molar-refractivity contribution in [2.45, 2.75) is 38.5 Å². The highest BCUT2D eigenvalue weighted by atomic mass is 127. The van der Waals surface area contributed by atoms with Crippen LogP contribution < -0.4 is 5.32 Å². The quantitative estimate of drug-likeness (QED) is 0.625. The molecule has 2 nitrogen and oxygen atoms in total. The third-order valence-electron chi connectivity index (χ3n) is 4.90. The van der Waals surface area contributed by atoms with Crippen molar-refractivity contribution in [1.29, 1.82) is 0 Å². The largest absolute Gasteiger partial charge is 0.355 e. The highest BCUT2D eigenvalue weighted by Gasteiger charge is 2.54. The number of rotatable bonds is 3. The van der Waals surface area contributed by atoms with Crippen LogP contribution in [0.3, 0.4) is 0 Å². The van der Waals surface area contributed by atoms with Gasteiger partial charge in [0.25, 0.3) is 0 Å². The number of carbonyl (C=O) groups is 1. The molecule has 0 unspecified atom stereocenters. The molecule has 0 spiro atoms. The summed E-state index contributed by atoms with van der Waals surface area (Å²) in [6.07, 6.45) is 7.81. The van der Waals surface area contributed by atoms with Crippen LogP contribution in [0.25, 0.3) is 0 Å². The Hall–Kier alpha value is 0.200. The molecule has 4 aliphatic carbocycles. The van der Waals surface area contributed by atoms with E-state index in [0.717, 1.165) is 28.7 Å². The molecule has 0 aromatic rings. The van der Waals surface area contributed by atoms with Gasteiger partial charge in [-0.25, -0.2) is 0 Å². The molecule has 4 bridgehead atoms. The molecule has 4 rings (SSSR count). The normalized spacial score (nSPS) is 44.7. The van der Waals surface area contributed by atoms with Gasteiger partial charge in [-0.2, -0.15) is 0 Å². The zero-order chi connectivity index (χ0) is 11.2. The van der Waals surface area contributed by atoms with E-state index in [4.69, 9.17) is 0 Å². The van der Waals surface area contributed by atoms with Crippen molar-refractivity contribution in [3.63, 3.8) is 0 Å². The van der Waals surface area contributed by atoms with Gasteiger partial charge in [-0.15, -0.1) is 0 Å². The second-order valence-electron chi connectivity index (χ2n) is 6.14. The molecule has 0 atom stereocenters. The first kappa shape index (κ1) is 11.3. The summed E-state index contributed by atoms with van der Waals surface area (Å²) in [7, 11) is 0. The Balaban J connectivity index is 1.75. The summed E-state index contributed by atoms with van der Waals surface area (Å²) < 4.78 is 1.02. The van der Waals surface area contributed by atoms with Crippen LogP contribution in [0.5, 0.6) is 0 Å². The smallest absolute Gasteiger partial charge is 0.226 e. The van der Waals surface area contributed by atoms with Crippen molar-refractivity contribution >= 4 is 28.5 Å². The van der Waals surface area contributed by atoms with Crippen molar-refractivity contribution in [2.24, 2.45) is 23.2 Å². The Labute approximate surface area is 111 Å². The molecule has 1 amide bonds. The van der Waals surface area contributed by atoms with Gasteiger partial charge in [-0.1, -0.05) is 22.6 Å². The Morgan fingerprint density at radius 3 is 2.06 bits per heavy atom. The van der Waals surface area contributed by atoms with Crippen LogP contribution in [-0.2, 0) is 4.79 Å². The number of hydrogen-bond donors (Lipinski definition) is 1. The fourth-order valence-electron chi connectivity index (χ4n) is 4.74. The van der Waals surface area contributed by atoms with Gasteiger partial charge in [0.1, 0.15) is 0 Å². The lowest BCUT2D eigenvalue weighted by Gasteiger charge is -2.55. The summed E-state index contributed by atoms with van der Waals surface area (Å²) in [4.78, 5) is 12.3. The standard InChI is InChI=1S/C13H20INO/c14-1-2-15-12(16)13-6-9-3-10(7-13)5-11(4-9)8-13/h9-11H,1-8H2,(H,15,16). The van der Waals surface area contributed by atoms with Crippen molar-refractivity contribution in [1.82, 2.24) is 5.32 Å². The van der Waals surface area contributed by atoms with E-state index in [1.54, 1.807) is 0 Å². The molecular formula is C13H20INO. The van der Waals surface area contributed by atoms with Gasteiger partial charge in [0.05, 0.1) is 0 Å². The fraction of sp³-hybridized carbons (Fsp3) is 0.923. The molecule has 4 fully saturated rings. The lowest BCUT2D eigenvalue weighted by Crippen LogP contribution is -2.53. The topological polar surface area (TPSA) is 29.1 Å². The van der Waals surface area contributed by atoms with Crippen molar-refractivity contribution in [3.05, 3.63) is 0 Å². The molecule has 3 heteroatoms. The Morgan fingerprint density at radius 2 is 1.62 bits per heavy atom. The maximum Gasteiger partial charge on any atom is 0.226 e. The third-order valence-corrected chi connectivity index (χ3v) is 5.44. The number of nitrogens with one attached hydrogen (secondary N) is 1. The molecule has 0 radical (unpaired) electrons. The molecule has 0 aromatic heterocycles. The van der Waals surface area contributed by atoms with Crippen LogP contribution in [0.2, 0.25) is 0 Å². The Morgan fingerprint density at radius 1 is 1.12 bits per heavy atom. The summed E-state index contributed by atoms with van der Waals surface area (Å²) in [5, 5.41) is 3.14. The number of halogens is 1. The monoisotopic (exact) mass is 333 g/mol. The predicted molar refractivity (Wildman–Crippen MR) is 72.5 cm³/mol. The molecular weight excluding hydrogens is 313 g/mol. The van der Waals surface area contributed by atoms with Gasteiger partial charge in [-0.3, -0.25) is 4.79 Å². The lowest BCUT2D eigenvalue weighted by molar-refractivity contribution is -0.146. The first-order chi connectivity index (χ1) is 7.72. The minimum absolute atomic E-state index is 0.0561. The molecule has 0 aromatic carbocycles. The second-order valence-corrected chi connectivity index (χ2v) is 7.22. The summed E-state index contributed by atoms with van der Waals surface area (Å²) in [6, 6.07) is 0. The molecule has 4 aliphatic rings. The molecule has 90 valence electrons. The number of alkyl halides is 1. The van der Waals surface area contributed by atoms with E-state index >= 15 is 0 Å². The van der Waals surface area contributed by atoms with Gasteiger partial charge < -0.3 is 5.32 Å². The average molecular weight is 333 g/mol. The average Bonchev–Trinajstić information content (AvgIpc) is 2.24. The van der Waals surface area contributed by atoms with Gasteiger partial charge in [-0.05, 0) is 56.3 Å². The number of amides is 1. The molecule has 16 heavy (non-hydrogen) atoms. The Bertz CT molecular complexity index is 267. The molecule has 4 saturated carbocycles. The fourth-order valence-corrected chi connectivity index (χ4v) is 5.01. The van der Waals surface area contributed by atoms with E-state index in [1.807, 2.05) is 0 Å². The van der Waals surface area contributed by atoms with Crippen molar-refractivity contribution in [3.8, 4) is 0 Å². The first-order valence-electron chi connectivity index (χ1n) is 6.56. The SMILES string of the molecule is O=C(NCCI)C12CC3CC(CC(C3)C1)C2. The zero-order valence-corrected chi connectivity index (χ0v) is 11.8. The van der Waals surface area contributed by atoms with Crippen molar-refractivity contribution in [2.75, 3.05) is 11.0 Å². The van der Waals surface area contributed by atoms with Crippen LogP contribution >= 0.6 is 22.6 Å². The number of carbonyl (C=O) groups excluding carboxylic acids is 1. The van der Waals surface area contributed by atoms with Crippen LogP contribution in [-0.4, -0.2) is 16.9 Å². The summed E-state index contributed by atoms with van der Waals surface area (Å²) >= 11 is 2.32. The van der Waals surface area contributed by atoms with E-state index in [-0.39, 0.29) is 5.41 Å². The van der Waals surface area contributed by atoms with Gasteiger partial charge in [0.2, 0.25) is 5.91 Å². The third kappa shape index (κ3) is 1.79. The maximum absolute atomic E-state index is 12.3. The van der Waals surface area contributed by atoms with E-state index in [0.29, 0.717) is 5.91 Å².